The number of hydrogen-bond acceptors (Lipinski definition) is 4. The van der Waals surface area contributed by atoms with Gasteiger partial charge >= 0.3 is 0 Å². The Labute approximate surface area is 132 Å². The zero-order chi connectivity index (χ0) is 16.3. The summed E-state index contributed by atoms with van der Waals surface area (Å²) in [5.41, 5.74) is 3.85. The minimum atomic E-state index is 0.0437. The average Bonchev–Trinajstić information content (AvgIpc) is 2.53. The van der Waals surface area contributed by atoms with Crippen molar-refractivity contribution in [1.29, 1.82) is 0 Å². The lowest BCUT2D eigenvalue weighted by atomic mass is 10.1. The molecule has 4 nitrogen and oxygen atoms in total. The Bertz CT molecular complexity index is 532. The monoisotopic (exact) mass is 300 g/mol. The van der Waals surface area contributed by atoms with Crippen molar-refractivity contribution in [2.75, 3.05) is 0 Å². The number of rotatable bonds is 5. The average molecular weight is 300 g/mol. The SMILES string of the molecule is C=C(C)C1=CC=CON1C(C)C(C)N1OC=CC=C1C(=C)C. The van der Waals surface area contributed by atoms with E-state index < -0.39 is 0 Å². The van der Waals surface area contributed by atoms with Crippen LogP contribution in [0.15, 0.2) is 72.5 Å². The molecule has 2 aliphatic rings. The van der Waals surface area contributed by atoms with Gasteiger partial charge in [0.25, 0.3) is 0 Å². The molecule has 0 N–H and O–H groups in total. The molecule has 2 unspecified atom stereocenters. The van der Waals surface area contributed by atoms with E-state index in [4.69, 9.17) is 9.68 Å². The van der Waals surface area contributed by atoms with Gasteiger partial charge in [0.15, 0.2) is 0 Å². The van der Waals surface area contributed by atoms with Crippen LogP contribution in [0.25, 0.3) is 0 Å². The van der Waals surface area contributed by atoms with Gasteiger partial charge in [-0.3, -0.25) is 0 Å². The van der Waals surface area contributed by atoms with Crippen molar-refractivity contribution >= 4 is 0 Å². The minimum Gasteiger partial charge on any atom is -0.387 e. The summed E-state index contributed by atoms with van der Waals surface area (Å²) in [6.45, 7) is 16.2. The van der Waals surface area contributed by atoms with Crippen molar-refractivity contribution in [3.05, 3.63) is 72.5 Å². The lowest BCUT2D eigenvalue weighted by Crippen LogP contribution is -2.48. The Morgan fingerprint density at radius 2 is 1.23 bits per heavy atom. The first-order valence-electron chi connectivity index (χ1n) is 7.41. The molecule has 2 rings (SSSR count). The molecule has 2 aliphatic heterocycles. The summed E-state index contributed by atoms with van der Waals surface area (Å²) in [7, 11) is 0. The van der Waals surface area contributed by atoms with Gasteiger partial charge in [-0.2, -0.15) is 0 Å². The maximum Gasteiger partial charge on any atom is 0.119 e. The van der Waals surface area contributed by atoms with E-state index in [0.29, 0.717) is 0 Å². The van der Waals surface area contributed by atoms with Gasteiger partial charge in [0.2, 0.25) is 0 Å². The summed E-state index contributed by atoms with van der Waals surface area (Å²) in [4.78, 5) is 11.4. The number of hydrogen-bond donors (Lipinski definition) is 0. The molecule has 2 heterocycles. The quantitative estimate of drug-likeness (QED) is 0.759. The Hall–Kier alpha value is -2.36. The molecule has 0 saturated heterocycles. The van der Waals surface area contributed by atoms with E-state index in [2.05, 4.69) is 27.0 Å². The van der Waals surface area contributed by atoms with Crippen LogP contribution in [-0.4, -0.2) is 22.2 Å². The molecule has 0 aliphatic carbocycles. The summed E-state index contributed by atoms with van der Waals surface area (Å²) in [5.74, 6) is 0. The Kier molecular flexibility index (Phi) is 4.81. The minimum absolute atomic E-state index is 0.0437. The van der Waals surface area contributed by atoms with E-state index in [0.717, 1.165) is 22.5 Å². The fraction of sp³-hybridized carbons (Fsp3) is 0.333. The number of nitrogens with zero attached hydrogens (tertiary/aromatic N) is 2. The zero-order valence-electron chi connectivity index (χ0n) is 13.7. The maximum absolute atomic E-state index is 5.70. The molecule has 0 bridgehead atoms. The highest BCUT2D eigenvalue weighted by Gasteiger charge is 2.31. The second-order valence-electron chi connectivity index (χ2n) is 5.67. The number of allylic oxidation sites excluding steroid dienone is 6. The van der Waals surface area contributed by atoms with Crippen LogP contribution in [0.2, 0.25) is 0 Å². The van der Waals surface area contributed by atoms with E-state index >= 15 is 0 Å². The summed E-state index contributed by atoms with van der Waals surface area (Å²) < 4.78 is 0. The van der Waals surface area contributed by atoms with Crippen LogP contribution in [0.3, 0.4) is 0 Å². The fourth-order valence-corrected chi connectivity index (χ4v) is 2.41. The Morgan fingerprint density at radius 1 is 0.864 bits per heavy atom. The maximum atomic E-state index is 5.70. The van der Waals surface area contributed by atoms with E-state index in [1.54, 1.807) is 12.5 Å². The van der Waals surface area contributed by atoms with E-state index in [1.807, 2.05) is 48.3 Å². The molecule has 22 heavy (non-hydrogen) atoms. The lowest BCUT2D eigenvalue weighted by molar-refractivity contribution is -0.166. The first kappa shape index (κ1) is 16.0. The zero-order valence-corrected chi connectivity index (χ0v) is 13.7. The number of hydroxylamine groups is 4. The Balaban J connectivity index is 2.20. The van der Waals surface area contributed by atoms with Crippen LogP contribution in [0.4, 0.5) is 0 Å². The van der Waals surface area contributed by atoms with Crippen LogP contribution in [0.5, 0.6) is 0 Å². The highest BCUT2D eigenvalue weighted by atomic mass is 16.7. The first-order valence-corrected chi connectivity index (χ1v) is 7.41. The van der Waals surface area contributed by atoms with Crippen LogP contribution in [-0.2, 0) is 9.68 Å². The molecule has 0 saturated carbocycles. The van der Waals surface area contributed by atoms with Crippen molar-refractivity contribution in [3.8, 4) is 0 Å². The van der Waals surface area contributed by atoms with E-state index in [-0.39, 0.29) is 12.1 Å². The lowest BCUT2D eigenvalue weighted by Gasteiger charge is -2.41. The van der Waals surface area contributed by atoms with Crippen molar-refractivity contribution in [2.24, 2.45) is 0 Å². The van der Waals surface area contributed by atoms with Gasteiger partial charge in [0, 0.05) is 0 Å². The van der Waals surface area contributed by atoms with Crippen molar-refractivity contribution in [2.45, 2.75) is 39.8 Å². The highest BCUT2D eigenvalue weighted by molar-refractivity contribution is 5.31. The van der Waals surface area contributed by atoms with Crippen LogP contribution in [0.1, 0.15) is 27.7 Å². The van der Waals surface area contributed by atoms with Crippen LogP contribution < -0.4 is 0 Å². The topological polar surface area (TPSA) is 24.9 Å². The molecular weight excluding hydrogens is 276 g/mol. The summed E-state index contributed by atoms with van der Waals surface area (Å²) in [6.07, 6.45) is 11.1. The molecule has 118 valence electrons. The van der Waals surface area contributed by atoms with Gasteiger partial charge in [-0.15, -0.1) is 0 Å². The van der Waals surface area contributed by atoms with Crippen molar-refractivity contribution < 1.29 is 9.68 Å². The normalized spacial score (nSPS) is 19.6. The Morgan fingerprint density at radius 3 is 1.55 bits per heavy atom. The van der Waals surface area contributed by atoms with E-state index in [1.165, 1.54) is 0 Å². The second-order valence-corrected chi connectivity index (χ2v) is 5.67. The molecule has 0 spiro atoms. The molecule has 0 radical (unpaired) electrons. The fourth-order valence-electron chi connectivity index (χ4n) is 2.41. The molecule has 0 fully saturated rings. The smallest absolute Gasteiger partial charge is 0.119 e. The molecule has 0 aromatic carbocycles. The molecule has 4 heteroatoms. The van der Waals surface area contributed by atoms with Crippen molar-refractivity contribution in [1.82, 2.24) is 10.1 Å². The predicted octanol–water partition coefficient (Wildman–Crippen LogP) is 4.21. The third-order valence-electron chi connectivity index (χ3n) is 3.80. The van der Waals surface area contributed by atoms with Crippen LogP contribution in [0, 0.1) is 0 Å². The summed E-state index contributed by atoms with van der Waals surface area (Å²) in [5, 5.41) is 3.73. The highest BCUT2D eigenvalue weighted by Crippen LogP contribution is 2.28. The van der Waals surface area contributed by atoms with Gasteiger partial charge in [-0.05, 0) is 63.1 Å². The standard InChI is InChI=1S/C18H24N2O2/c1-13(2)17-9-7-11-21-19(17)15(5)16(6)20-18(14(3)4)10-8-12-22-20/h7-12,15-16H,1,3H2,2,4-6H3. The van der Waals surface area contributed by atoms with Crippen molar-refractivity contribution in [3.63, 3.8) is 0 Å². The predicted molar refractivity (Wildman–Crippen MR) is 88.8 cm³/mol. The second kappa shape index (κ2) is 6.60. The van der Waals surface area contributed by atoms with Crippen LogP contribution >= 0.6 is 0 Å². The summed E-state index contributed by atoms with van der Waals surface area (Å²) >= 11 is 0. The molecule has 0 amide bonds. The first-order chi connectivity index (χ1) is 10.4. The molecule has 0 aromatic heterocycles. The van der Waals surface area contributed by atoms with Gasteiger partial charge < -0.3 is 9.68 Å². The summed E-state index contributed by atoms with van der Waals surface area (Å²) in [6, 6.07) is 0.0873. The van der Waals surface area contributed by atoms with Gasteiger partial charge in [0.05, 0.1) is 23.5 Å². The molecule has 2 atom stereocenters. The molecule has 0 aromatic rings. The third kappa shape index (κ3) is 3.11. The largest absolute Gasteiger partial charge is 0.387 e. The molecular formula is C18H24N2O2. The van der Waals surface area contributed by atoms with E-state index in [9.17, 15) is 0 Å². The third-order valence-corrected chi connectivity index (χ3v) is 3.80. The van der Waals surface area contributed by atoms with Gasteiger partial charge in [-0.1, -0.05) is 13.2 Å². The van der Waals surface area contributed by atoms with Gasteiger partial charge in [-0.25, -0.2) is 10.1 Å². The van der Waals surface area contributed by atoms with Gasteiger partial charge in [0.1, 0.15) is 12.5 Å².